The van der Waals surface area contributed by atoms with Gasteiger partial charge in [0, 0.05) is 17.8 Å². The second-order valence-corrected chi connectivity index (χ2v) is 6.30. The number of hydrogen-bond donors (Lipinski definition) is 1. The quantitative estimate of drug-likeness (QED) is 0.878. The number of benzene rings is 1. The van der Waals surface area contributed by atoms with Gasteiger partial charge in [0.25, 0.3) is 0 Å². The van der Waals surface area contributed by atoms with Gasteiger partial charge in [-0.1, -0.05) is 18.6 Å². The van der Waals surface area contributed by atoms with E-state index in [1.165, 1.54) is 30.6 Å². The van der Waals surface area contributed by atoms with Gasteiger partial charge in [-0.3, -0.25) is 0 Å². The number of thioether (sulfide) groups is 1. The lowest BCUT2D eigenvalue weighted by Crippen LogP contribution is -2.28. The van der Waals surface area contributed by atoms with E-state index in [9.17, 15) is 0 Å². The molecule has 0 aromatic heterocycles. The van der Waals surface area contributed by atoms with E-state index < -0.39 is 0 Å². The lowest BCUT2D eigenvalue weighted by atomic mass is 10.1. The van der Waals surface area contributed by atoms with E-state index in [4.69, 9.17) is 4.74 Å². The zero-order chi connectivity index (χ0) is 12.8. The Hall–Kier alpha value is -0.670. The van der Waals surface area contributed by atoms with Crippen LogP contribution in [0.3, 0.4) is 0 Å². The SMILES string of the molecule is COc1ccc(C(C)NCC2CCCCS2)cc1. The molecule has 1 aromatic rings. The summed E-state index contributed by atoms with van der Waals surface area (Å²) in [4.78, 5) is 0. The second kappa shape index (κ2) is 7.05. The molecule has 1 saturated heterocycles. The molecule has 0 aliphatic carbocycles. The van der Waals surface area contributed by atoms with Gasteiger partial charge in [0.2, 0.25) is 0 Å². The third-order valence-electron chi connectivity index (χ3n) is 3.54. The predicted molar refractivity (Wildman–Crippen MR) is 79.5 cm³/mol. The van der Waals surface area contributed by atoms with Crippen molar-refractivity contribution in [1.82, 2.24) is 5.32 Å². The molecule has 0 bridgehead atoms. The first-order valence-corrected chi connectivity index (χ1v) is 7.83. The Bertz CT molecular complexity index is 346. The molecule has 1 aromatic carbocycles. The van der Waals surface area contributed by atoms with Gasteiger partial charge in [-0.2, -0.15) is 11.8 Å². The summed E-state index contributed by atoms with van der Waals surface area (Å²) in [6, 6.07) is 8.76. The molecule has 1 aliphatic heterocycles. The highest BCUT2D eigenvalue weighted by molar-refractivity contribution is 7.99. The largest absolute Gasteiger partial charge is 0.497 e. The summed E-state index contributed by atoms with van der Waals surface area (Å²) in [6.07, 6.45) is 4.17. The zero-order valence-corrected chi connectivity index (χ0v) is 12.1. The summed E-state index contributed by atoms with van der Waals surface area (Å²) >= 11 is 2.12. The molecule has 0 amide bonds. The molecule has 2 unspecified atom stereocenters. The first kappa shape index (κ1) is 13.8. The number of rotatable bonds is 5. The topological polar surface area (TPSA) is 21.3 Å². The van der Waals surface area contributed by atoms with E-state index in [1.54, 1.807) is 7.11 Å². The van der Waals surface area contributed by atoms with Gasteiger partial charge in [0.1, 0.15) is 5.75 Å². The van der Waals surface area contributed by atoms with Crippen LogP contribution in [0.4, 0.5) is 0 Å². The van der Waals surface area contributed by atoms with Gasteiger partial charge >= 0.3 is 0 Å². The highest BCUT2D eigenvalue weighted by Crippen LogP contribution is 2.25. The summed E-state index contributed by atoms with van der Waals surface area (Å²) in [6.45, 7) is 3.35. The number of methoxy groups -OCH3 is 1. The molecule has 2 rings (SSSR count). The van der Waals surface area contributed by atoms with Crippen LogP contribution in [-0.4, -0.2) is 24.7 Å². The van der Waals surface area contributed by atoms with Crippen molar-refractivity contribution >= 4 is 11.8 Å². The molecule has 1 N–H and O–H groups in total. The highest BCUT2D eigenvalue weighted by atomic mass is 32.2. The summed E-state index contributed by atoms with van der Waals surface area (Å²) < 4.78 is 5.18. The summed E-state index contributed by atoms with van der Waals surface area (Å²) in [5.74, 6) is 2.26. The van der Waals surface area contributed by atoms with Crippen LogP contribution in [0.2, 0.25) is 0 Å². The van der Waals surface area contributed by atoms with Crippen LogP contribution in [-0.2, 0) is 0 Å². The Morgan fingerprint density at radius 2 is 2.11 bits per heavy atom. The predicted octanol–water partition coefficient (Wildman–Crippen LogP) is 3.63. The maximum absolute atomic E-state index is 5.18. The minimum Gasteiger partial charge on any atom is -0.497 e. The van der Waals surface area contributed by atoms with E-state index in [-0.39, 0.29) is 0 Å². The van der Waals surface area contributed by atoms with Crippen LogP contribution in [0.1, 0.15) is 37.8 Å². The fourth-order valence-corrected chi connectivity index (χ4v) is 3.54. The number of nitrogens with one attached hydrogen (secondary N) is 1. The van der Waals surface area contributed by atoms with Gasteiger partial charge in [-0.25, -0.2) is 0 Å². The Labute approximate surface area is 114 Å². The maximum Gasteiger partial charge on any atom is 0.118 e. The molecule has 1 fully saturated rings. The van der Waals surface area contributed by atoms with Crippen molar-refractivity contribution in [1.29, 1.82) is 0 Å². The standard InChI is InChI=1S/C15H23NOS/c1-12(13-6-8-14(17-2)9-7-13)16-11-15-5-3-4-10-18-15/h6-9,12,15-16H,3-5,10-11H2,1-2H3. The van der Waals surface area contributed by atoms with Crippen LogP contribution < -0.4 is 10.1 Å². The van der Waals surface area contributed by atoms with Crippen LogP contribution in [0.15, 0.2) is 24.3 Å². The normalized spacial score (nSPS) is 21.6. The van der Waals surface area contributed by atoms with Gasteiger partial charge in [-0.15, -0.1) is 0 Å². The third-order valence-corrected chi connectivity index (χ3v) is 4.94. The van der Waals surface area contributed by atoms with Crippen LogP contribution >= 0.6 is 11.8 Å². The molecule has 0 saturated carbocycles. The Morgan fingerprint density at radius 1 is 1.33 bits per heavy atom. The van der Waals surface area contributed by atoms with Crippen molar-refractivity contribution in [2.24, 2.45) is 0 Å². The third kappa shape index (κ3) is 3.92. The molecule has 3 heteroatoms. The van der Waals surface area contributed by atoms with Crippen molar-refractivity contribution in [2.75, 3.05) is 19.4 Å². The van der Waals surface area contributed by atoms with Crippen molar-refractivity contribution in [2.45, 2.75) is 37.5 Å². The minimum atomic E-state index is 0.415. The summed E-state index contributed by atoms with van der Waals surface area (Å²) in [5, 5.41) is 4.45. The Balaban J connectivity index is 1.80. The highest BCUT2D eigenvalue weighted by Gasteiger charge is 2.14. The molecule has 18 heavy (non-hydrogen) atoms. The van der Waals surface area contributed by atoms with Crippen LogP contribution in [0.25, 0.3) is 0 Å². The molecule has 0 spiro atoms. The molecule has 1 aliphatic rings. The Morgan fingerprint density at radius 3 is 2.72 bits per heavy atom. The molecule has 2 nitrogen and oxygen atoms in total. The van der Waals surface area contributed by atoms with Crippen molar-refractivity contribution in [3.8, 4) is 5.75 Å². The molecular weight excluding hydrogens is 242 g/mol. The molecular formula is C15H23NOS. The second-order valence-electron chi connectivity index (χ2n) is 4.89. The van der Waals surface area contributed by atoms with Crippen molar-refractivity contribution in [3.63, 3.8) is 0 Å². The van der Waals surface area contributed by atoms with E-state index in [0.29, 0.717) is 6.04 Å². The first-order chi connectivity index (χ1) is 8.79. The van der Waals surface area contributed by atoms with E-state index >= 15 is 0 Å². The van der Waals surface area contributed by atoms with E-state index in [0.717, 1.165) is 17.5 Å². The minimum absolute atomic E-state index is 0.415. The molecule has 2 atom stereocenters. The monoisotopic (exact) mass is 265 g/mol. The van der Waals surface area contributed by atoms with Crippen LogP contribution in [0, 0.1) is 0 Å². The number of hydrogen-bond acceptors (Lipinski definition) is 3. The lowest BCUT2D eigenvalue weighted by molar-refractivity contribution is 0.414. The average molecular weight is 265 g/mol. The fourth-order valence-electron chi connectivity index (χ4n) is 2.29. The van der Waals surface area contributed by atoms with Crippen molar-refractivity contribution in [3.05, 3.63) is 29.8 Å². The van der Waals surface area contributed by atoms with Crippen molar-refractivity contribution < 1.29 is 4.74 Å². The van der Waals surface area contributed by atoms with Gasteiger partial charge in [0.15, 0.2) is 0 Å². The summed E-state index contributed by atoms with van der Waals surface area (Å²) in [7, 11) is 1.71. The first-order valence-electron chi connectivity index (χ1n) is 6.78. The summed E-state index contributed by atoms with van der Waals surface area (Å²) in [5.41, 5.74) is 1.33. The Kier molecular flexibility index (Phi) is 5.39. The van der Waals surface area contributed by atoms with Gasteiger partial charge in [0.05, 0.1) is 7.11 Å². The maximum atomic E-state index is 5.18. The lowest BCUT2D eigenvalue weighted by Gasteiger charge is -2.24. The zero-order valence-electron chi connectivity index (χ0n) is 11.3. The smallest absolute Gasteiger partial charge is 0.118 e. The molecule has 100 valence electrons. The fraction of sp³-hybridized carbons (Fsp3) is 0.600. The van der Waals surface area contributed by atoms with Gasteiger partial charge in [-0.05, 0) is 43.2 Å². The molecule has 1 heterocycles. The van der Waals surface area contributed by atoms with Gasteiger partial charge < -0.3 is 10.1 Å². The average Bonchev–Trinajstić information content (AvgIpc) is 2.46. The molecule has 0 radical (unpaired) electrons. The van der Waals surface area contributed by atoms with E-state index in [2.05, 4.69) is 36.1 Å². The number of ether oxygens (including phenoxy) is 1. The van der Waals surface area contributed by atoms with Crippen LogP contribution in [0.5, 0.6) is 5.75 Å². The van der Waals surface area contributed by atoms with E-state index in [1.807, 2.05) is 12.1 Å².